The number of aryl methyl sites for hydroxylation is 1. The smallest absolute Gasteiger partial charge is 0.337 e. The van der Waals surface area contributed by atoms with Gasteiger partial charge in [-0.05, 0) is 48.9 Å². The minimum atomic E-state index is -3.71. The number of esters is 1. The average molecular weight is 411 g/mol. The van der Waals surface area contributed by atoms with Gasteiger partial charge in [0, 0.05) is 10.7 Å². The van der Waals surface area contributed by atoms with Gasteiger partial charge in [0.05, 0.1) is 24.6 Å². The van der Waals surface area contributed by atoms with Crippen LogP contribution in [-0.2, 0) is 19.6 Å². The number of ether oxygens (including phenoxy) is 1. The van der Waals surface area contributed by atoms with E-state index < -0.39 is 28.4 Å². The summed E-state index contributed by atoms with van der Waals surface area (Å²) in [5.74, 6) is -1.10. The predicted molar refractivity (Wildman–Crippen MR) is 105 cm³/mol. The molecule has 144 valence electrons. The van der Waals surface area contributed by atoms with E-state index in [9.17, 15) is 18.0 Å². The fourth-order valence-corrected chi connectivity index (χ4v) is 3.59. The van der Waals surface area contributed by atoms with Crippen LogP contribution in [0.5, 0.6) is 0 Å². The van der Waals surface area contributed by atoms with E-state index in [0.717, 1.165) is 10.6 Å². The molecule has 0 bridgehead atoms. The van der Waals surface area contributed by atoms with Gasteiger partial charge in [0.2, 0.25) is 15.9 Å². The molecule has 1 N–H and O–H groups in total. The first-order chi connectivity index (χ1) is 12.6. The van der Waals surface area contributed by atoms with E-state index in [-0.39, 0.29) is 5.56 Å². The molecule has 1 amide bonds. The lowest BCUT2D eigenvalue weighted by Gasteiger charge is -2.23. The highest BCUT2D eigenvalue weighted by molar-refractivity contribution is 7.92. The summed E-state index contributed by atoms with van der Waals surface area (Å²) in [4.78, 5) is 24.0. The summed E-state index contributed by atoms with van der Waals surface area (Å²) in [5.41, 5.74) is 1.60. The lowest BCUT2D eigenvalue weighted by atomic mass is 10.2. The van der Waals surface area contributed by atoms with Gasteiger partial charge in [-0.25, -0.2) is 13.2 Å². The van der Waals surface area contributed by atoms with E-state index >= 15 is 0 Å². The van der Waals surface area contributed by atoms with E-state index in [4.69, 9.17) is 11.6 Å². The van der Waals surface area contributed by atoms with Gasteiger partial charge >= 0.3 is 5.97 Å². The largest absolute Gasteiger partial charge is 0.465 e. The number of sulfonamides is 1. The maximum Gasteiger partial charge on any atom is 0.337 e. The Morgan fingerprint density at radius 2 is 1.89 bits per heavy atom. The molecule has 0 unspecified atom stereocenters. The van der Waals surface area contributed by atoms with Gasteiger partial charge < -0.3 is 10.1 Å². The Balaban J connectivity index is 2.24. The first-order valence-electron chi connectivity index (χ1n) is 7.84. The van der Waals surface area contributed by atoms with E-state index in [1.807, 2.05) is 0 Å². The van der Waals surface area contributed by atoms with Crippen molar-refractivity contribution in [3.63, 3.8) is 0 Å². The molecule has 0 fully saturated rings. The van der Waals surface area contributed by atoms with Gasteiger partial charge in [0.15, 0.2) is 0 Å². The third kappa shape index (κ3) is 5.45. The number of nitrogens with one attached hydrogen (secondary N) is 1. The Kier molecular flexibility index (Phi) is 6.45. The zero-order valence-corrected chi connectivity index (χ0v) is 16.6. The van der Waals surface area contributed by atoms with Crippen molar-refractivity contribution in [1.29, 1.82) is 0 Å². The van der Waals surface area contributed by atoms with Crippen LogP contribution >= 0.6 is 11.6 Å². The number of halogens is 1. The van der Waals surface area contributed by atoms with Gasteiger partial charge in [-0.15, -0.1) is 0 Å². The highest BCUT2D eigenvalue weighted by Crippen LogP contribution is 2.25. The number of benzene rings is 2. The standard InChI is InChI=1S/C18H19ClN2O5S/c1-12-9-14(19)7-8-16(12)21(27(3,24)25)11-17(22)20-15-6-4-5-13(10-15)18(23)26-2/h4-10H,11H2,1-3H3,(H,20,22). The number of carbonyl (C=O) groups is 2. The topological polar surface area (TPSA) is 92.8 Å². The SMILES string of the molecule is COC(=O)c1cccc(NC(=O)CN(c2ccc(Cl)cc2C)S(C)(=O)=O)c1. The summed E-state index contributed by atoms with van der Waals surface area (Å²) in [7, 11) is -2.45. The molecule has 2 aromatic rings. The van der Waals surface area contributed by atoms with Crippen LogP contribution in [0.3, 0.4) is 0 Å². The molecule has 0 aliphatic rings. The van der Waals surface area contributed by atoms with Crippen molar-refractivity contribution in [2.45, 2.75) is 6.92 Å². The van der Waals surface area contributed by atoms with E-state index in [2.05, 4.69) is 10.1 Å². The van der Waals surface area contributed by atoms with Crippen LogP contribution in [0.25, 0.3) is 0 Å². The van der Waals surface area contributed by atoms with Crippen molar-refractivity contribution in [1.82, 2.24) is 0 Å². The fraction of sp³-hybridized carbons (Fsp3) is 0.222. The number of hydrogen-bond donors (Lipinski definition) is 1. The van der Waals surface area contributed by atoms with Crippen LogP contribution in [-0.4, -0.2) is 40.2 Å². The number of carbonyl (C=O) groups excluding carboxylic acids is 2. The number of rotatable bonds is 6. The molecule has 0 atom stereocenters. The zero-order valence-electron chi connectivity index (χ0n) is 15.0. The van der Waals surface area contributed by atoms with Crippen molar-refractivity contribution in [2.24, 2.45) is 0 Å². The van der Waals surface area contributed by atoms with Crippen molar-refractivity contribution >= 4 is 44.9 Å². The highest BCUT2D eigenvalue weighted by Gasteiger charge is 2.22. The molecule has 27 heavy (non-hydrogen) atoms. The minimum Gasteiger partial charge on any atom is -0.465 e. The van der Waals surface area contributed by atoms with Crippen LogP contribution in [0, 0.1) is 6.92 Å². The second kappa shape index (κ2) is 8.41. The molecule has 0 aromatic heterocycles. The fourth-order valence-electron chi connectivity index (χ4n) is 2.45. The number of methoxy groups -OCH3 is 1. The van der Waals surface area contributed by atoms with E-state index in [1.165, 1.54) is 13.2 Å². The lowest BCUT2D eigenvalue weighted by molar-refractivity contribution is -0.114. The minimum absolute atomic E-state index is 0.267. The van der Waals surface area contributed by atoms with Crippen LogP contribution < -0.4 is 9.62 Å². The summed E-state index contributed by atoms with van der Waals surface area (Å²) < 4.78 is 30.0. The van der Waals surface area contributed by atoms with Crippen molar-refractivity contribution in [2.75, 3.05) is 29.5 Å². The van der Waals surface area contributed by atoms with Crippen LogP contribution in [0.1, 0.15) is 15.9 Å². The molecule has 2 aromatic carbocycles. The maximum atomic E-state index is 12.4. The summed E-state index contributed by atoms with van der Waals surface area (Å²) in [5, 5.41) is 3.05. The molecule has 0 spiro atoms. The Morgan fingerprint density at radius 1 is 1.19 bits per heavy atom. The number of anilines is 2. The normalized spacial score (nSPS) is 11.0. The Labute approximate surface area is 162 Å². The van der Waals surface area contributed by atoms with E-state index in [0.29, 0.717) is 22.0 Å². The predicted octanol–water partition coefficient (Wildman–Crippen LogP) is 2.84. The summed E-state index contributed by atoms with van der Waals surface area (Å²) in [6.45, 7) is 1.28. The zero-order chi connectivity index (χ0) is 20.2. The Morgan fingerprint density at radius 3 is 2.48 bits per heavy atom. The van der Waals surface area contributed by atoms with Crippen LogP contribution in [0.15, 0.2) is 42.5 Å². The summed E-state index contributed by atoms with van der Waals surface area (Å²) in [6, 6.07) is 10.9. The first kappa shape index (κ1) is 20.7. The molecule has 0 radical (unpaired) electrons. The maximum absolute atomic E-state index is 12.4. The third-order valence-electron chi connectivity index (χ3n) is 3.68. The van der Waals surface area contributed by atoms with Crippen LogP contribution in [0.4, 0.5) is 11.4 Å². The Bertz CT molecular complexity index is 975. The molecule has 0 aliphatic carbocycles. The van der Waals surface area contributed by atoms with Gasteiger partial charge in [-0.2, -0.15) is 0 Å². The number of amides is 1. The highest BCUT2D eigenvalue weighted by atomic mass is 35.5. The second-order valence-electron chi connectivity index (χ2n) is 5.82. The van der Waals surface area contributed by atoms with Gasteiger partial charge in [-0.3, -0.25) is 9.10 Å². The molecular weight excluding hydrogens is 392 g/mol. The van der Waals surface area contributed by atoms with E-state index in [1.54, 1.807) is 43.3 Å². The molecular formula is C18H19ClN2O5S. The molecule has 0 aliphatic heterocycles. The number of hydrogen-bond acceptors (Lipinski definition) is 5. The number of nitrogens with zero attached hydrogens (tertiary/aromatic N) is 1. The monoisotopic (exact) mass is 410 g/mol. The lowest BCUT2D eigenvalue weighted by Crippen LogP contribution is -2.37. The van der Waals surface area contributed by atoms with Crippen LogP contribution in [0.2, 0.25) is 5.02 Å². The summed E-state index contributed by atoms with van der Waals surface area (Å²) >= 11 is 5.92. The molecule has 0 heterocycles. The molecule has 0 saturated carbocycles. The third-order valence-corrected chi connectivity index (χ3v) is 5.04. The van der Waals surface area contributed by atoms with Gasteiger partial charge in [0.25, 0.3) is 0 Å². The molecule has 0 saturated heterocycles. The quantitative estimate of drug-likeness (QED) is 0.739. The second-order valence-corrected chi connectivity index (χ2v) is 8.16. The van der Waals surface area contributed by atoms with Crippen molar-refractivity contribution in [3.05, 3.63) is 58.6 Å². The first-order valence-corrected chi connectivity index (χ1v) is 10.1. The molecule has 2 rings (SSSR count). The van der Waals surface area contributed by atoms with Gasteiger partial charge in [-0.1, -0.05) is 17.7 Å². The Hall–Kier alpha value is -2.58. The van der Waals surface area contributed by atoms with Gasteiger partial charge in [0.1, 0.15) is 6.54 Å². The summed E-state index contributed by atoms with van der Waals surface area (Å²) in [6.07, 6.45) is 1.02. The van der Waals surface area contributed by atoms with Crippen molar-refractivity contribution in [3.8, 4) is 0 Å². The average Bonchev–Trinajstić information content (AvgIpc) is 2.59. The molecule has 9 heteroatoms. The van der Waals surface area contributed by atoms with Crippen molar-refractivity contribution < 1.29 is 22.7 Å². The molecule has 7 nitrogen and oxygen atoms in total.